The SMILES string of the molecule is Cc1nn(-c2ccccc2)c(C)c1/C=N\NC(=O)C1=NNC(=O)[C@@H]1CCO. The molecule has 0 spiro atoms. The van der Waals surface area contributed by atoms with Crippen LogP contribution in [0.4, 0.5) is 0 Å². The number of aliphatic hydroxyl groups excluding tert-OH is 1. The third-order valence-electron chi connectivity index (χ3n) is 4.29. The Balaban J connectivity index is 1.73. The molecular weight excluding hydrogens is 348 g/mol. The zero-order chi connectivity index (χ0) is 19.4. The molecule has 0 fully saturated rings. The maximum absolute atomic E-state index is 12.2. The van der Waals surface area contributed by atoms with Crippen LogP contribution in [0.25, 0.3) is 5.69 Å². The van der Waals surface area contributed by atoms with Gasteiger partial charge in [0.25, 0.3) is 5.91 Å². The summed E-state index contributed by atoms with van der Waals surface area (Å²) >= 11 is 0. The van der Waals surface area contributed by atoms with Gasteiger partial charge >= 0.3 is 0 Å². The van der Waals surface area contributed by atoms with Gasteiger partial charge in [-0.15, -0.1) is 0 Å². The summed E-state index contributed by atoms with van der Waals surface area (Å²) < 4.78 is 1.80. The lowest BCUT2D eigenvalue weighted by Gasteiger charge is -2.06. The number of para-hydroxylation sites is 1. The third-order valence-corrected chi connectivity index (χ3v) is 4.29. The van der Waals surface area contributed by atoms with Crippen molar-refractivity contribution in [2.45, 2.75) is 20.3 Å². The van der Waals surface area contributed by atoms with Crippen molar-refractivity contribution >= 4 is 23.7 Å². The normalized spacial score (nSPS) is 16.5. The highest BCUT2D eigenvalue weighted by molar-refractivity contribution is 6.44. The van der Waals surface area contributed by atoms with Crippen molar-refractivity contribution in [1.82, 2.24) is 20.6 Å². The molecule has 0 saturated carbocycles. The van der Waals surface area contributed by atoms with E-state index in [2.05, 4.69) is 26.2 Å². The average molecular weight is 368 g/mol. The van der Waals surface area contributed by atoms with Crippen LogP contribution in [0.5, 0.6) is 0 Å². The number of aliphatic hydroxyl groups is 1. The van der Waals surface area contributed by atoms with Gasteiger partial charge < -0.3 is 5.11 Å². The van der Waals surface area contributed by atoms with Crippen LogP contribution in [0.3, 0.4) is 0 Å². The average Bonchev–Trinajstić information content (AvgIpc) is 3.17. The second-order valence-corrected chi connectivity index (χ2v) is 6.07. The molecule has 0 bridgehead atoms. The molecule has 1 atom stereocenters. The fraction of sp³-hybridized carbons (Fsp3) is 0.278. The lowest BCUT2D eigenvalue weighted by atomic mass is 10.00. The van der Waals surface area contributed by atoms with Gasteiger partial charge in [0.15, 0.2) is 0 Å². The first kappa shape index (κ1) is 18.5. The first-order valence-electron chi connectivity index (χ1n) is 8.46. The van der Waals surface area contributed by atoms with Gasteiger partial charge in [-0.1, -0.05) is 18.2 Å². The predicted molar refractivity (Wildman–Crippen MR) is 99.5 cm³/mol. The standard InChI is InChI=1S/C18H20N6O3/c1-11-15(12(2)24(23-11)13-6-4-3-5-7-13)10-19-21-18(27)16-14(8-9-25)17(26)22-20-16/h3-7,10,14,25H,8-9H2,1-2H3,(H,21,27)(H,22,26)/b19-10-/t14-/m1/s1. The van der Waals surface area contributed by atoms with Crippen LogP contribution in [-0.4, -0.2) is 45.2 Å². The van der Waals surface area contributed by atoms with Crippen molar-refractivity contribution in [3.8, 4) is 5.69 Å². The highest BCUT2D eigenvalue weighted by atomic mass is 16.3. The Hall–Kier alpha value is -3.33. The molecule has 1 aromatic heterocycles. The number of hydrogen-bond acceptors (Lipinski definition) is 6. The van der Waals surface area contributed by atoms with Crippen LogP contribution < -0.4 is 10.9 Å². The number of nitrogens with one attached hydrogen (secondary N) is 2. The summed E-state index contributed by atoms with van der Waals surface area (Å²) in [6.45, 7) is 3.55. The van der Waals surface area contributed by atoms with Crippen LogP contribution in [0, 0.1) is 19.8 Å². The van der Waals surface area contributed by atoms with Crippen molar-refractivity contribution in [2.75, 3.05) is 6.61 Å². The van der Waals surface area contributed by atoms with E-state index in [1.54, 1.807) is 4.68 Å². The Labute approximate surface area is 155 Å². The fourth-order valence-corrected chi connectivity index (χ4v) is 2.88. The second kappa shape index (κ2) is 7.92. The maximum atomic E-state index is 12.2. The Morgan fingerprint density at radius 2 is 2.11 bits per heavy atom. The molecular formula is C18H20N6O3. The molecule has 0 aliphatic carbocycles. The minimum absolute atomic E-state index is 0.0135. The molecule has 9 heteroatoms. The van der Waals surface area contributed by atoms with Gasteiger partial charge in [-0.25, -0.2) is 15.5 Å². The van der Waals surface area contributed by atoms with E-state index in [0.29, 0.717) is 0 Å². The Morgan fingerprint density at radius 3 is 2.81 bits per heavy atom. The van der Waals surface area contributed by atoms with Crippen LogP contribution in [-0.2, 0) is 9.59 Å². The molecule has 1 aromatic carbocycles. The van der Waals surface area contributed by atoms with Gasteiger partial charge in [-0.05, 0) is 32.4 Å². The van der Waals surface area contributed by atoms with E-state index in [1.807, 2.05) is 44.2 Å². The van der Waals surface area contributed by atoms with Crippen LogP contribution >= 0.6 is 0 Å². The maximum Gasteiger partial charge on any atom is 0.288 e. The summed E-state index contributed by atoms with van der Waals surface area (Å²) in [5.74, 6) is -1.77. The number of aromatic nitrogens is 2. The first-order valence-corrected chi connectivity index (χ1v) is 8.46. The summed E-state index contributed by atoms with van der Waals surface area (Å²) in [4.78, 5) is 23.8. The highest BCUT2D eigenvalue weighted by Gasteiger charge is 2.33. The van der Waals surface area contributed by atoms with Gasteiger partial charge in [0.2, 0.25) is 5.91 Å². The quantitative estimate of drug-likeness (QED) is 0.505. The summed E-state index contributed by atoms with van der Waals surface area (Å²) in [5, 5.41) is 21.2. The zero-order valence-electron chi connectivity index (χ0n) is 15.0. The molecule has 1 aliphatic heterocycles. The third kappa shape index (κ3) is 3.77. The topological polar surface area (TPSA) is 121 Å². The molecule has 2 amide bonds. The monoisotopic (exact) mass is 368 g/mol. The first-order chi connectivity index (χ1) is 13.0. The number of nitrogens with zero attached hydrogens (tertiary/aromatic N) is 4. The fourth-order valence-electron chi connectivity index (χ4n) is 2.88. The van der Waals surface area contributed by atoms with Crippen LogP contribution in [0.15, 0.2) is 40.5 Å². The van der Waals surface area contributed by atoms with Crippen molar-refractivity contribution in [3.63, 3.8) is 0 Å². The van der Waals surface area contributed by atoms with Crippen molar-refractivity contribution in [1.29, 1.82) is 0 Å². The zero-order valence-corrected chi connectivity index (χ0v) is 15.0. The molecule has 0 radical (unpaired) electrons. The summed E-state index contributed by atoms with van der Waals surface area (Å²) in [7, 11) is 0. The highest BCUT2D eigenvalue weighted by Crippen LogP contribution is 2.16. The number of rotatable bonds is 6. The van der Waals surface area contributed by atoms with Gasteiger partial charge in [-0.2, -0.15) is 15.3 Å². The van der Waals surface area contributed by atoms with E-state index >= 15 is 0 Å². The molecule has 0 saturated heterocycles. The molecule has 2 heterocycles. The van der Waals surface area contributed by atoms with E-state index in [1.165, 1.54) is 6.21 Å². The summed E-state index contributed by atoms with van der Waals surface area (Å²) in [6, 6.07) is 9.69. The summed E-state index contributed by atoms with van der Waals surface area (Å²) in [5.41, 5.74) is 7.99. The van der Waals surface area contributed by atoms with E-state index < -0.39 is 17.7 Å². The largest absolute Gasteiger partial charge is 0.396 e. The van der Waals surface area contributed by atoms with Crippen LogP contribution in [0.2, 0.25) is 0 Å². The molecule has 2 aromatic rings. The van der Waals surface area contributed by atoms with Gasteiger partial charge in [0.05, 0.1) is 29.2 Å². The van der Waals surface area contributed by atoms with Crippen molar-refractivity contribution in [3.05, 3.63) is 47.3 Å². The number of hydrazone groups is 2. The molecule has 0 unspecified atom stereocenters. The lowest BCUT2D eigenvalue weighted by molar-refractivity contribution is -0.123. The molecule has 1 aliphatic rings. The van der Waals surface area contributed by atoms with Crippen LogP contribution in [0.1, 0.15) is 23.4 Å². The minimum atomic E-state index is -0.769. The van der Waals surface area contributed by atoms with E-state index in [9.17, 15) is 9.59 Å². The molecule has 9 nitrogen and oxygen atoms in total. The van der Waals surface area contributed by atoms with Crippen molar-refractivity contribution < 1.29 is 14.7 Å². The predicted octanol–water partition coefficient (Wildman–Crippen LogP) is 0.424. The lowest BCUT2D eigenvalue weighted by Crippen LogP contribution is -2.34. The number of carbonyl (C=O) groups excluding carboxylic acids is 2. The molecule has 3 rings (SSSR count). The molecule has 3 N–H and O–H groups in total. The molecule has 140 valence electrons. The minimum Gasteiger partial charge on any atom is -0.396 e. The number of amides is 2. The number of carbonyl (C=O) groups is 2. The second-order valence-electron chi connectivity index (χ2n) is 6.07. The smallest absolute Gasteiger partial charge is 0.288 e. The Kier molecular flexibility index (Phi) is 5.41. The van der Waals surface area contributed by atoms with E-state index in [-0.39, 0.29) is 18.7 Å². The van der Waals surface area contributed by atoms with E-state index in [0.717, 1.165) is 22.6 Å². The van der Waals surface area contributed by atoms with Gasteiger partial charge in [0, 0.05) is 12.2 Å². The van der Waals surface area contributed by atoms with Crippen molar-refractivity contribution in [2.24, 2.45) is 16.1 Å². The molecule has 27 heavy (non-hydrogen) atoms. The summed E-state index contributed by atoms with van der Waals surface area (Å²) in [6.07, 6.45) is 1.64. The van der Waals surface area contributed by atoms with E-state index in [4.69, 9.17) is 5.11 Å². The van der Waals surface area contributed by atoms with Gasteiger partial charge in [-0.3, -0.25) is 9.59 Å². The Morgan fingerprint density at radius 1 is 1.37 bits per heavy atom. The number of hydrogen-bond donors (Lipinski definition) is 3. The van der Waals surface area contributed by atoms with Gasteiger partial charge in [0.1, 0.15) is 5.71 Å². The number of aryl methyl sites for hydroxylation is 1. The Bertz CT molecular complexity index is 917. The number of benzene rings is 1.